The van der Waals surface area contributed by atoms with Crippen LogP contribution in [0.4, 0.5) is 10.1 Å². The molecule has 1 rings (SSSR count). The van der Waals surface area contributed by atoms with Gasteiger partial charge < -0.3 is 10.6 Å². The predicted molar refractivity (Wildman–Crippen MR) is 81.0 cm³/mol. The maximum absolute atomic E-state index is 13.8. The van der Waals surface area contributed by atoms with Crippen molar-refractivity contribution in [2.24, 2.45) is 5.73 Å². The second-order valence-electron chi connectivity index (χ2n) is 6.02. The molecule has 0 aliphatic heterocycles. The number of nitrogens with zero attached hydrogens (tertiary/aromatic N) is 1. The summed E-state index contributed by atoms with van der Waals surface area (Å²) in [6.07, 6.45) is 1.86. The molecule has 0 amide bonds. The first kappa shape index (κ1) is 15.7. The van der Waals surface area contributed by atoms with E-state index in [2.05, 4.69) is 32.3 Å². The summed E-state index contributed by atoms with van der Waals surface area (Å²) >= 11 is 0. The summed E-state index contributed by atoms with van der Waals surface area (Å²) < 4.78 is 13.8. The van der Waals surface area contributed by atoms with Gasteiger partial charge in [-0.25, -0.2) is 4.39 Å². The van der Waals surface area contributed by atoms with Crippen LogP contribution in [0.15, 0.2) is 24.8 Å². The van der Waals surface area contributed by atoms with Gasteiger partial charge in [0.15, 0.2) is 0 Å². The fourth-order valence-electron chi connectivity index (χ4n) is 2.14. The van der Waals surface area contributed by atoms with Crippen molar-refractivity contribution in [3.8, 4) is 0 Å². The number of halogens is 1. The maximum atomic E-state index is 13.8. The molecule has 19 heavy (non-hydrogen) atoms. The van der Waals surface area contributed by atoms with Gasteiger partial charge in [0.05, 0.1) is 0 Å². The standard InChI is InChI=1S/C16H25FN2/c1-7-8-19(16(4,5)6)15-9-11(2)14(17)10-13(15)12(3)18/h7,9-10,12H,1,8,18H2,2-6H3/t12-/m0/s1. The van der Waals surface area contributed by atoms with E-state index in [1.165, 1.54) is 0 Å². The van der Waals surface area contributed by atoms with E-state index < -0.39 is 0 Å². The topological polar surface area (TPSA) is 29.3 Å². The van der Waals surface area contributed by atoms with Crippen LogP contribution in [0.3, 0.4) is 0 Å². The third-order valence-electron chi connectivity index (χ3n) is 3.21. The van der Waals surface area contributed by atoms with Crippen molar-refractivity contribution >= 4 is 5.69 Å². The van der Waals surface area contributed by atoms with Crippen LogP contribution < -0.4 is 10.6 Å². The van der Waals surface area contributed by atoms with Crippen molar-refractivity contribution in [3.63, 3.8) is 0 Å². The Kier molecular flexibility index (Phi) is 4.75. The highest BCUT2D eigenvalue weighted by Gasteiger charge is 2.24. The molecule has 2 N–H and O–H groups in total. The lowest BCUT2D eigenvalue weighted by Gasteiger charge is -2.39. The molecule has 0 saturated heterocycles. The van der Waals surface area contributed by atoms with Gasteiger partial charge in [0.2, 0.25) is 0 Å². The zero-order chi connectivity index (χ0) is 14.8. The van der Waals surface area contributed by atoms with Crippen LogP contribution in [0, 0.1) is 12.7 Å². The van der Waals surface area contributed by atoms with Crippen molar-refractivity contribution in [1.29, 1.82) is 0 Å². The van der Waals surface area contributed by atoms with Crippen LogP contribution in [0.1, 0.15) is 44.9 Å². The maximum Gasteiger partial charge on any atom is 0.126 e. The average molecular weight is 264 g/mol. The number of nitrogens with two attached hydrogens (primary N) is 1. The fourth-order valence-corrected chi connectivity index (χ4v) is 2.14. The highest BCUT2D eigenvalue weighted by molar-refractivity contribution is 5.59. The van der Waals surface area contributed by atoms with Gasteiger partial charge in [-0.3, -0.25) is 0 Å². The molecule has 0 saturated carbocycles. The lowest BCUT2D eigenvalue weighted by atomic mass is 9.98. The molecule has 3 heteroatoms. The van der Waals surface area contributed by atoms with Crippen LogP contribution in [-0.2, 0) is 0 Å². The van der Waals surface area contributed by atoms with Crippen LogP contribution >= 0.6 is 0 Å². The monoisotopic (exact) mass is 264 g/mol. The highest BCUT2D eigenvalue weighted by Crippen LogP contribution is 2.32. The summed E-state index contributed by atoms with van der Waals surface area (Å²) in [5, 5.41) is 0. The summed E-state index contributed by atoms with van der Waals surface area (Å²) in [4.78, 5) is 2.20. The van der Waals surface area contributed by atoms with Crippen LogP contribution in [0.25, 0.3) is 0 Å². The summed E-state index contributed by atoms with van der Waals surface area (Å²) in [5.41, 5.74) is 8.37. The first-order valence-corrected chi connectivity index (χ1v) is 6.62. The summed E-state index contributed by atoms with van der Waals surface area (Å²) in [6.45, 7) is 14.5. The smallest absolute Gasteiger partial charge is 0.126 e. The Morgan fingerprint density at radius 1 is 1.42 bits per heavy atom. The average Bonchev–Trinajstić information content (AvgIpc) is 2.27. The predicted octanol–water partition coefficient (Wildman–Crippen LogP) is 3.94. The van der Waals surface area contributed by atoms with E-state index >= 15 is 0 Å². The minimum atomic E-state index is -0.209. The Hall–Kier alpha value is -1.35. The van der Waals surface area contributed by atoms with Crippen molar-refractivity contribution in [1.82, 2.24) is 0 Å². The van der Waals surface area contributed by atoms with Crippen molar-refractivity contribution in [2.45, 2.75) is 46.2 Å². The molecule has 0 aliphatic carbocycles. The minimum Gasteiger partial charge on any atom is -0.363 e. The zero-order valence-electron chi connectivity index (χ0n) is 12.6. The molecule has 0 aliphatic rings. The van der Waals surface area contributed by atoms with Crippen molar-refractivity contribution < 1.29 is 4.39 Å². The molecule has 0 unspecified atom stereocenters. The SMILES string of the molecule is C=CCN(c1cc(C)c(F)cc1[C@H](C)N)C(C)(C)C. The minimum absolute atomic E-state index is 0.0813. The van der Waals surface area contributed by atoms with E-state index in [0.29, 0.717) is 12.1 Å². The lowest BCUT2D eigenvalue weighted by molar-refractivity contribution is 0.518. The molecule has 1 aromatic rings. The number of anilines is 1. The molecular formula is C16H25FN2. The van der Waals surface area contributed by atoms with Gasteiger partial charge >= 0.3 is 0 Å². The second-order valence-corrected chi connectivity index (χ2v) is 6.02. The number of hydrogen-bond acceptors (Lipinski definition) is 2. The molecule has 1 atom stereocenters. The molecule has 0 radical (unpaired) electrons. The second kappa shape index (κ2) is 5.74. The van der Waals surface area contributed by atoms with Gasteiger partial charge in [0, 0.05) is 23.8 Å². The Balaban J connectivity index is 3.44. The van der Waals surface area contributed by atoms with E-state index in [1.807, 2.05) is 19.1 Å². The molecule has 0 heterocycles. The molecule has 106 valence electrons. The van der Waals surface area contributed by atoms with Gasteiger partial charge in [-0.05, 0) is 57.9 Å². The molecule has 0 fully saturated rings. The van der Waals surface area contributed by atoms with Gasteiger partial charge in [0.25, 0.3) is 0 Å². The highest BCUT2D eigenvalue weighted by atomic mass is 19.1. The third kappa shape index (κ3) is 3.57. The van der Waals surface area contributed by atoms with E-state index in [1.54, 1.807) is 13.0 Å². The van der Waals surface area contributed by atoms with Crippen molar-refractivity contribution in [2.75, 3.05) is 11.4 Å². The van der Waals surface area contributed by atoms with Gasteiger partial charge in [-0.1, -0.05) is 6.08 Å². The number of aryl methyl sites for hydroxylation is 1. The van der Waals surface area contributed by atoms with Crippen LogP contribution in [-0.4, -0.2) is 12.1 Å². The molecule has 1 aromatic carbocycles. The first-order chi connectivity index (χ1) is 8.68. The number of hydrogen-bond donors (Lipinski definition) is 1. The molecule has 0 bridgehead atoms. The largest absolute Gasteiger partial charge is 0.363 e. The molecule has 0 spiro atoms. The molecule has 2 nitrogen and oxygen atoms in total. The third-order valence-corrected chi connectivity index (χ3v) is 3.21. The molecule has 0 aromatic heterocycles. The first-order valence-electron chi connectivity index (χ1n) is 6.62. The Morgan fingerprint density at radius 3 is 2.42 bits per heavy atom. The Bertz CT molecular complexity index is 459. The Labute approximate surface area is 116 Å². The lowest BCUT2D eigenvalue weighted by Crippen LogP contribution is -2.42. The van der Waals surface area contributed by atoms with E-state index in [4.69, 9.17) is 5.73 Å². The quantitative estimate of drug-likeness (QED) is 0.834. The van der Waals surface area contributed by atoms with Crippen LogP contribution in [0.5, 0.6) is 0 Å². The van der Waals surface area contributed by atoms with Gasteiger partial charge in [0.1, 0.15) is 5.82 Å². The van der Waals surface area contributed by atoms with E-state index in [9.17, 15) is 4.39 Å². The van der Waals surface area contributed by atoms with E-state index in [-0.39, 0.29) is 17.4 Å². The summed E-state index contributed by atoms with van der Waals surface area (Å²) in [5.74, 6) is -0.205. The zero-order valence-corrected chi connectivity index (χ0v) is 12.6. The van der Waals surface area contributed by atoms with Crippen molar-refractivity contribution in [3.05, 3.63) is 41.7 Å². The van der Waals surface area contributed by atoms with E-state index in [0.717, 1.165) is 11.3 Å². The van der Waals surface area contributed by atoms with Crippen LogP contribution in [0.2, 0.25) is 0 Å². The Morgan fingerprint density at radius 2 is 2.00 bits per heavy atom. The normalized spacial score (nSPS) is 13.2. The number of benzene rings is 1. The van der Waals surface area contributed by atoms with Gasteiger partial charge in [-0.15, -0.1) is 6.58 Å². The van der Waals surface area contributed by atoms with Gasteiger partial charge in [-0.2, -0.15) is 0 Å². The fraction of sp³-hybridized carbons (Fsp3) is 0.500. The number of rotatable bonds is 4. The summed E-state index contributed by atoms with van der Waals surface area (Å²) in [7, 11) is 0. The summed E-state index contributed by atoms with van der Waals surface area (Å²) in [6, 6.07) is 3.22. The molecular weight excluding hydrogens is 239 g/mol.